The van der Waals surface area contributed by atoms with Gasteiger partial charge < -0.3 is 25.6 Å². The molecular formula is C24H30F2N10O3. The first-order valence-corrected chi connectivity index (χ1v) is 12.8. The lowest BCUT2D eigenvalue weighted by molar-refractivity contribution is -0.120. The van der Waals surface area contributed by atoms with Crippen molar-refractivity contribution in [3.8, 4) is 5.69 Å². The first-order valence-electron chi connectivity index (χ1n) is 12.8. The van der Waals surface area contributed by atoms with Crippen LogP contribution in [0.3, 0.4) is 0 Å². The topological polar surface area (TPSA) is 144 Å². The van der Waals surface area contributed by atoms with E-state index in [-0.39, 0.29) is 30.4 Å². The van der Waals surface area contributed by atoms with Gasteiger partial charge >= 0.3 is 6.55 Å². The molecule has 2 unspecified atom stereocenters. The Morgan fingerprint density at radius 1 is 1.18 bits per heavy atom. The Bertz CT molecular complexity index is 1340. The quantitative estimate of drug-likeness (QED) is 0.340. The fraction of sp³-hybridized carbons (Fsp3) is 0.500. The number of ether oxygens (including phenoxy) is 1. The van der Waals surface area contributed by atoms with E-state index in [1.807, 2.05) is 4.90 Å². The van der Waals surface area contributed by atoms with Crippen LogP contribution in [0.15, 0.2) is 31.4 Å². The summed E-state index contributed by atoms with van der Waals surface area (Å²) in [6, 6.07) is -0.0819. The average molecular weight is 545 g/mol. The molecule has 0 bridgehead atoms. The number of hydrogen-bond donors (Lipinski definition) is 3. The zero-order valence-corrected chi connectivity index (χ0v) is 21.2. The molecule has 3 aromatic heterocycles. The highest BCUT2D eigenvalue weighted by Crippen LogP contribution is 2.26. The molecule has 4 heterocycles. The smallest absolute Gasteiger partial charge is 0.333 e. The Morgan fingerprint density at radius 2 is 1.95 bits per heavy atom. The minimum atomic E-state index is -2.78. The van der Waals surface area contributed by atoms with Gasteiger partial charge in [-0.2, -0.15) is 23.8 Å². The number of morpholine rings is 1. The monoisotopic (exact) mass is 544 g/mol. The molecule has 1 saturated carbocycles. The second kappa shape index (κ2) is 11.7. The van der Waals surface area contributed by atoms with E-state index in [1.54, 1.807) is 4.57 Å². The lowest BCUT2D eigenvalue weighted by atomic mass is 9.91. The van der Waals surface area contributed by atoms with E-state index in [4.69, 9.17) is 4.74 Å². The number of carbonyl (C=O) groups excluding carboxylic acids is 2. The highest BCUT2D eigenvalue weighted by Gasteiger charge is 2.25. The number of alkyl halides is 2. The van der Waals surface area contributed by atoms with Gasteiger partial charge in [-0.25, -0.2) is 9.67 Å². The Labute approximate surface area is 222 Å². The third-order valence-corrected chi connectivity index (χ3v) is 6.73. The average Bonchev–Trinajstić information content (AvgIpc) is 3.60. The lowest BCUT2D eigenvalue weighted by Gasteiger charge is -2.30. The minimum absolute atomic E-state index is 0.0153. The van der Waals surface area contributed by atoms with Gasteiger partial charge in [0.05, 0.1) is 37.8 Å². The normalized spacial score (nSPS) is 19.7. The number of imidazole rings is 1. The van der Waals surface area contributed by atoms with Crippen molar-refractivity contribution >= 4 is 34.7 Å². The Morgan fingerprint density at radius 3 is 2.67 bits per heavy atom. The number of rotatable bonds is 9. The van der Waals surface area contributed by atoms with Crippen LogP contribution >= 0.6 is 0 Å². The number of amides is 2. The number of halogens is 2. The maximum absolute atomic E-state index is 13.1. The van der Waals surface area contributed by atoms with Crippen LogP contribution in [0, 0.1) is 0 Å². The SMILES string of the molecule is C=CC(=O)NC1CCCC(NC(=O)CNc2nc(N3CCOCC3)nc3c2ncn3-c2cnn(C(F)F)c2)C1. The molecular weight excluding hydrogens is 514 g/mol. The zero-order chi connectivity index (χ0) is 27.4. The standard InChI is InChI=1S/C24H30F2N10O3/c1-2-18(37)30-15-4-3-5-16(10-15)31-19(38)12-27-21-20-22(33-24(32-21)34-6-8-39-9-7-34)35(14-28-20)17-11-29-36(13-17)23(25)26/h2,11,13-16,23H,1,3-10,12H2,(H,30,37)(H,31,38)(H,27,32,33). The van der Waals surface area contributed by atoms with Crippen molar-refractivity contribution in [3.05, 3.63) is 31.4 Å². The summed E-state index contributed by atoms with van der Waals surface area (Å²) in [5.74, 6) is 0.299. The summed E-state index contributed by atoms with van der Waals surface area (Å²) in [6.45, 7) is 2.83. The first-order chi connectivity index (χ1) is 18.9. The molecule has 0 aromatic carbocycles. The molecule has 1 aliphatic carbocycles. The summed E-state index contributed by atoms with van der Waals surface area (Å²) >= 11 is 0. The van der Waals surface area contributed by atoms with E-state index in [0.29, 0.717) is 66.0 Å². The van der Waals surface area contributed by atoms with Crippen molar-refractivity contribution in [2.24, 2.45) is 0 Å². The molecule has 2 aliphatic rings. The summed E-state index contributed by atoms with van der Waals surface area (Å²) < 4.78 is 33.7. The third-order valence-electron chi connectivity index (χ3n) is 6.73. The van der Waals surface area contributed by atoms with Gasteiger partial charge in [-0.15, -0.1) is 0 Å². The van der Waals surface area contributed by atoms with Crippen LogP contribution in [0.1, 0.15) is 32.2 Å². The molecule has 13 nitrogen and oxygen atoms in total. The van der Waals surface area contributed by atoms with Crippen LogP contribution in [-0.2, 0) is 14.3 Å². The summed E-state index contributed by atoms with van der Waals surface area (Å²) in [5, 5.41) is 12.7. The van der Waals surface area contributed by atoms with E-state index in [2.05, 4.69) is 42.6 Å². The Hall–Kier alpha value is -4.14. The molecule has 208 valence electrons. The van der Waals surface area contributed by atoms with E-state index >= 15 is 0 Å². The van der Waals surface area contributed by atoms with Gasteiger partial charge in [0.15, 0.2) is 17.0 Å². The molecule has 3 N–H and O–H groups in total. The molecule has 39 heavy (non-hydrogen) atoms. The van der Waals surface area contributed by atoms with Gasteiger partial charge in [-0.1, -0.05) is 6.58 Å². The molecule has 0 spiro atoms. The van der Waals surface area contributed by atoms with Crippen LogP contribution in [0.25, 0.3) is 16.9 Å². The van der Waals surface area contributed by atoms with Crippen molar-refractivity contribution in [3.63, 3.8) is 0 Å². The van der Waals surface area contributed by atoms with Crippen LogP contribution in [0.5, 0.6) is 0 Å². The molecule has 3 aromatic rings. The molecule has 2 fully saturated rings. The zero-order valence-electron chi connectivity index (χ0n) is 21.2. The van der Waals surface area contributed by atoms with E-state index < -0.39 is 6.55 Å². The van der Waals surface area contributed by atoms with Gasteiger partial charge in [0.1, 0.15) is 6.33 Å². The number of anilines is 2. The number of nitrogens with one attached hydrogen (secondary N) is 3. The largest absolute Gasteiger partial charge is 0.378 e. The molecule has 15 heteroatoms. The maximum atomic E-state index is 13.1. The summed E-state index contributed by atoms with van der Waals surface area (Å²) in [6.07, 6.45) is 8.41. The number of carbonyl (C=O) groups is 2. The van der Waals surface area contributed by atoms with Gasteiger partial charge in [-0.05, 0) is 31.8 Å². The number of aromatic nitrogens is 6. The molecule has 2 amide bonds. The minimum Gasteiger partial charge on any atom is -0.378 e. The van der Waals surface area contributed by atoms with Crippen molar-refractivity contribution in [2.45, 2.75) is 44.3 Å². The van der Waals surface area contributed by atoms with Crippen LogP contribution in [0.2, 0.25) is 0 Å². The number of nitrogens with zero attached hydrogens (tertiary/aromatic N) is 7. The lowest BCUT2D eigenvalue weighted by Crippen LogP contribution is -2.46. The van der Waals surface area contributed by atoms with Crippen LogP contribution in [0.4, 0.5) is 20.5 Å². The second-order valence-electron chi connectivity index (χ2n) is 9.41. The van der Waals surface area contributed by atoms with E-state index in [9.17, 15) is 18.4 Å². The van der Waals surface area contributed by atoms with Gasteiger partial charge in [0.2, 0.25) is 17.8 Å². The van der Waals surface area contributed by atoms with Crippen molar-refractivity contribution in [2.75, 3.05) is 43.1 Å². The molecule has 0 radical (unpaired) electrons. The molecule has 1 saturated heterocycles. The predicted molar refractivity (Wildman–Crippen MR) is 138 cm³/mol. The van der Waals surface area contributed by atoms with Gasteiger partial charge in [0, 0.05) is 25.2 Å². The first kappa shape index (κ1) is 26.5. The predicted octanol–water partition coefficient (Wildman–Crippen LogP) is 1.39. The van der Waals surface area contributed by atoms with Crippen LogP contribution in [-0.4, -0.2) is 86.0 Å². The molecule has 5 rings (SSSR count). The molecule has 1 aliphatic heterocycles. The Kier molecular flexibility index (Phi) is 7.95. The summed E-state index contributed by atoms with van der Waals surface area (Å²) in [5.41, 5.74) is 1.13. The van der Waals surface area contributed by atoms with E-state index in [1.165, 1.54) is 24.8 Å². The third kappa shape index (κ3) is 6.13. The van der Waals surface area contributed by atoms with E-state index in [0.717, 1.165) is 19.3 Å². The van der Waals surface area contributed by atoms with Gasteiger partial charge in [-0.3, -0.25) is 14.2 Å². The number of hydrogen-bond acceptors (Lipinski definition) is 9. The summed E-state index contributed by atoms with van der Waals surface area (Å²) in [7, 11) is 0. The fourth-order valence-electron chi connectivity index (χ4n) is 4.82. The second-order valence-corrected chi connectivity index (χ2v) is 9.41. The maximum Gasteiger partial charge on any atom is 0.333 e. The molecule has 2 atom stereocenters. The fourth-order valence-corrected chi connectivity index (χ4v) is 4.82. The van der Waals surface area contributed by atoms with Crippen molar-refractivity contribution in [1.82, 2.24) is 39.9 Å². The highest BCUT2D eigenvalue weighted by molar-refractivity contribution is 5.89. The van der Waals surface area contributed by atoms with Crippen molar-refractivity contribution in [1.29, 1.82) is 0 Å². The number of fused-ring (bicyclic) bond motifs is 1. The van der Waals surface area contributed by atoms with Gasteiger partial charge in [0.25, 0.3) is 0 Å². The van der Waals surface area contributed by atoms with Crippen molar-refractivity contribution < 1.29 is 23.1 Å². The Balaban J connectivity index is 1.34. The van der Waals surface area contributed by atoms with Crippen LogP contribution < -0.4 is 20.9 Å². The summed E-state index contributed by atoms with van der Waals surface area (Å²) in [4.78, 5) is 40.1. The highest BCUT2D eigenvalue weighted by atomic mass is 19.3.